The van der Waals surface area contributed by atoms with Gasteiger partial charge in [-0.1, -0.05) is 6.07 Å². The molecule has 2 rings (SSSR count). The molecular formula is C13H13BrFN3. The Hall–Kier alpha value is -1.62. The number of rotatable bonds is 4. The number of pyridine rings is 1. The normalized spacial score (nSPS) is 10.2. The predicted octanol–water partition coefficient (Wildman–Crippen LogP) is 4.16. The van der Waals surface area contributed by atoms with Crippen molar-refractivity contribution in [3.63, 3.8) is 0 Å². The molecule has 0 spiro atoms. The van der Waals surface area contributed by atoms with Crippen molar-refractivity contribution in [1.29, 1.82) is 0 Å². The molecule has 2 N–H and O–H groups in total. The molecule has 0 aliphatic carbocycles. The number of nitrogens with one attached hydrogen (secondary N) is 2. The standard InChI is InChI=1S/C13H13BrFN3/c1-2-17-9-6-10(8-16-7-9)18-13-11(14)4-3-5-12(13)15/h3-8,17-18H,2H2,1H3. The molecule has 0 fully saturated rings. The summed E-state index contributed by atoms with van der Waals surface area (Å²) in [5, 5.41) is 6.17. The van der Waals surface area contributed by atoms with Gasteiger partial charge < -0.3 is 10.6 Å². The first-order chi connectivity index (χ1) is 8.70. The van der Waals surface area contributed by atoms with Crippen molar-refractivity contribution in [2.75, 3.05) is 17.2 Å². The minimum Gasteiger partial charge on any atom is -0.384 e. The molecule has 0 saturated carbocycles. The molecule has 94 valence electrons. The summed E-state index contributed by atoms with van der Waals surface area (Å²) in [5.74, 6) is -0.307. The minimum atomic E-state index is -0.307. The first-order valence-electron chi connectivity index (χ1n) is 5.60. The fraction of sp³-hybridized carbons (Fsp3) is 0.154. The van der Waals surface area contributed by atoms with E-state index in [0.717, 1.165) is 17.9 Å². The van der Waals surface area contributed by atoms with Crippen LogP contribution in [0.3, 0.4) is 0 Å². The molecule has 0 aliphatic heterocycles. The number of benzene rings is 1. The topological polar surface area (TPSA) is 37.0 Å². The molecule has 0 aliphatic rings. The Morgan fingerprint density at radius 2 is 2.06 bits per heavy atom. The summed E-state index contributed by atoms with van der Waals surface area (Å²) < 4.78 is 14.3. The number of anilines is 3. The Bertz CT molecular complexity index is 525. The SMILES string of the molecule is CCNc1cncc(Nc2c(F)cccc2Br)c1. The quantitative estimate of drug-likeness (QED) is 0.890. The Morgan fingerprint density at radius 1 is 1.28 bits per heavy atom. The van der Waals surface area contributed by atoms with E-state index in [1.54, 1.807) is 24.5 Å². The summed E-state index contributed by atoms with van der Waals surface area (Å²) >= 11 is 3.32. The highest BCUT2D eigenvalue weighted by Gasteiger charge is 2.06. The van der Waals surface area contributed by atoms with E-state index in [1.807, 2.05) is 13.0 Å². The lowest BCUT2D eigenvalue weighted by atomic mass is 10.3. The van der Waals surface area contributed by atoms with Crippen LogP contribution in [0, 0.1) is 5.82 Å². The van der Waals surface area contributed by atoms with Gasteiger partial charge >= 0.3 is 0 Å². The molecule has 2 aromatic rings. The lowest BCUT2D eigenvalue weighted by Gasteiger charge is -2.10. The first-order valence-corrected chi connectivity index (χ1v) is 6.40. The van der Waals surface area contributed by atoms with Crippen LogP contribution in [-0.4, -0.2) is 11.5 Å². The Labute approximate surface area is 114 Å². The van der Waals surface area contributed by atoms with E-state index in [1.165, 1.54) is 6.07 Å². The lowest BCUT2D eigenvalue weighted by molar-refractivity contribution is 0.631. The van der Waals surface area contributed by atoms with Crippen molar-refractivity contribution in [2.45, 2.75) is 6.92 Å². The lowest BCUT2D eigenvalue weighted by Crippen LogP contribution is -1.99. The molecule has 0 saturated heterocycles. The molecule has 1 aromatic heterocycles. The van der Waals surface area contributed by atoms with Crippen LogP contribution < -0.4 is 10.6 Å². The van der Waals surface area contributed by atoms with Gasteiger partial charge in [0, 0.05) is 11.0 Å². The van der Waals surface area contributed by atoms with Crippen LogP contribution in [0.2, 0.25) is 0 Å². The molecule has 0 atom stereocenters. The second kappa shape index (κ2) is 5.82. The van der Waals surface area contributed by atoms with Crippen LogP contribution in [0.1, 0.15) is 6.92 Å². The van der Waals surface area contributed by atoms with Crippen LogP contribution in [0.4, 0.5) is 21.5 Å². The Kier molecular flexibility index (Phi) is 4.15. The third-order valence-electron chi connectivity index (χ3n) is 2.35. The van der Waals surface area contributed by atoms with Crippen molar-refractivity contribution in [1.82, 2.24) is 4.98 Å². The second-order valence-corrected chi connectivity index (χ2v) is 4.57. The van der Waals surface area contributed by atoms with Crippen molar-refractivity contribution in [3.05, 3.63) is 46.9 Å². The van der Waals surface area contributed by atoms with E-state index in [2.05, 4.69) is 31.5 Å². The molecule has 5 heteroatoms. The van der Waals surface area contributed by atoms with Crippen LogP contribution in [0.15, 0.2) is 41.1 Å². The van der Waals surface area contributed by atoms with E-state index in [4.69, 9.17) is 0 Å². The first kappa shape index (κ1) is 12.8. The minimum absolute atomic E-state index is 0.307. The molecule has 18 heavy (non-hydrogen) atoms. The van der Waals surface area contributed by atoms with Crippen molar-refractivity contribution in [3.8, 4) is 0 Å². The van der Waals surface area contributed by atoms with E-state index < -0.39 is 0 Å². The summed E-state index contributed by atoms with van der Waals surface area (Å²) in [6.45, 7) is 2.82. The number of hydrogen-bond acceptors (Lipinski definition) is 3. The van der Waals surface area contributed by atoms with E-state index in [9.17, 15) is 4.39 Å². The highest BCUT2D eigenvalue weighted by atomic mass is 79.9. The van der Waals surface area contributed by atoms with Gasteiger partial charge in [-0.05, 0) is 41.1 Å². The summed E-state index contributed by atoms with van der Waals surface area (Å²) in [4.78, 5) is 4.10. The van der Waals surface area contributed by atoms with Gasteiger partial charge in [0.2, 0.25) is 0 Å². The third-order valence-corrected chi connectivity index (χ3v) is 3.01. The van der Waals surface area contributed by atoms with Gasteiger partial charge in [-0.25, -0.2) is 4.39 Å². The molecule has 1 aromatic carbocycles. The maximum atomic E-state index is 13.7. The summed E-state index contributed by atoms with van der Waals surface area (Å²) in [5.41, 5.74) is 2.04. The van der Waals surface area contributed by atoms with Crippen LogP contribution in [-0.2, 0) is 0 Å². The monoisotopic (exact) mass is 309 g/mol. The summed E-state index contributed by atoms with van der Waals surface area (Å²) in [6, 6.07) is 6.73. The van der Waals surface area contributed by atoms with Gasteiger partial charge in [0.1, 0.15) is 5.82 Å². The number of para-hydroxylation sites is 1. The number of nitrogens with zero attached hydrogens (tertiary/aromatic N) is 1. The van der Waals surface area contributed by atoms with E-state index in [-0.39, 0.29) is 5.82 Å². The van der Waals surface area contributed by atoms with Gasteiger partial charge in [-0.3, -0.25) is 4.98 Å². The molecular weight excluding hydrogens is 297 g/mol. The number of aromatic nitrogens is 1. The average Bonchev–Trinajstić information content (AvgIpc) is 2.35. The fourth-order valence-corrected chi connectivity index (χ4v) is 2.01. The number of halogens is 2. The molecule has 0 amide bonds. The van der Waals surface area contributed by atoms with Gasteiger partial charge in [0.15, 0.2) is 0 Å². The van der Waals surface area contributed by atoms with Gasteiger partial charge in [0.05, 0.1) is 29.5 Å². The van der Waals surface area contributed by atoms with Gasteiger partial charge in [-0.2, -0.15) is 0 Å². The predicted molar refractivity (Wildman–Crippen MR) is 75.8 cm³/mol. The zero-order valence-electron chi connectivity index (χ0n) is 9.87. The fourth-order valence-electron chi connectivity index (χ4n) is 1.57. The molecule has 3 nitrogen and oxygen atoms in total. The largest absolute Gasteiger partial charge is 0.384 e. The van der Waals surface area contributed by atoms with Crippen molar-refractivity contribution < 1.29 is 4.39 Å². The zero-order chi connectivity index (χ0) is 13.0. The Balaban J connectivity index is 2.26. The van der Waals surface area contributed by atoms with Gasteiger partial charge in [0.25, 0.3) is 0 Å². The van der Waals surface area contributed by atoms with Crippen LogP contribution in [0.5, 0.6) is 0 Å². The summed E-state index contributed by atoms with van der Waals surface area (Å²) in [7, 11) is 0. The maximum absolute atomic E-state index is 13.7. The van der Waals surface area contributed by atoms with Crippen molar-refractivity contribution >= 4 is 33.0 Å². The molecule has 0 unspecified atom stereocenters. The third kappa shape index (κ3) is 2.98. The second-order valence-electron chi connectivity index (χ2n) is 3.71. The summed E-state index contributed by atoms with van der Waals surface area (Å²) in [6.07, 6.45) is 3.38. The van der Waals surface area contributed by atoms with Crippen LogP contribution in [0.25, 0.3) is 0 Å². The smallest absolute Gasteiger partial charge is 0.147 e. The van der Waals surface area contributed by atoms with Gasteiger partial charge in [-0.15, -0.1) is 0 Å². The Morgan fingerprint density at radius 3 is 2.78 bits per heavy atom. The average molecular weight is 310 g/mol. The molecule has 1 heterocycles. The van der Waals surface area contributed by atoms with E-state index in [0.29, 0.717) is 10.2 Å². The van der Waals surface area contributed by atoms with E-state index >= 15 is 0 Å². The molecule has 0 bridgehead atoms. The highest BCUT2D eigenvalue weighted by Crippen LogP contribution is 2.28. The van der Waals surface area contributed by atoms with Crippen LogP contribution >= 0.6 is 15.9 Å². The molecule has 0 radical (unpaired) electrons. The highest BCUT2D eigenvalue weighted by molar-refractivity contribution is 9.10. The zero-order valence-corrected chi connectivity index (χ0v) is 11.5. The van der Waals surface area contributed by atoms with Crippen molar-refractivity contribution in [2.24, 2.45) is 0 Å². The number of hydrogen-bond donors (Lipinski definition) is 2. The maximum Gasteiger partial charge on any atom is 0.147 e.